The highest BCUT2D eigenvalue weighted by Crippen LogP contribution is 2.29. The van der Waals surface area contributed by atoms with Crippen LogP contribution in [0.15, 0.2) is 11.7 Å². The maximum absolute atomic E-state index is 8.76. The first kappa shape index (κ1) is 11.0. The number of hydrogen-bond donors (Lipinski definition) is 1. The lowest BCUT2D eigenvalue weighted by atomic mass is 10.3. The Morgan fingerprint density at radius 2 is 2.33 bits per heavy atom. The topological polar surface area (TPSA) is 36.4 Å². The van der Waals surface area contributed by atoms with Crippen molar-refractivity contribution in [2.75, 3.05) is 13.2 Å². The van der Waals surface area contributed by atoms with Gasteiger partial charge in [-0.1, -0.05) is 0 Å². The molecule has 1 aromatic rings. The van der Waals surface area contributed by atoms with Gasteiger partial charge in [0.15, 0.2) is 0 Å². The first-order valence-electron chi connectivity index (χ1n) is 5.62. The lowest BCUT2D eigenvalue weighted by Gasteiger charge is -2.20. The quantitative estimate of drug-likeness (QED) is 0.721. The molecule has 1 aromatic heterocycles. The van der Waals surface area contributed by atoms with Gasteiger partial charge < -0.3 is 5.11 Å². The third kappa shape index (κ3) is 3.55. The van der Waals surface area contributed by atoms with E-state index in [9.17, 15) is 0 Å². The molecule has 0 spiro atoms. The van der Waals surface area contributed by atoms with Gasteiger partial charge in [-0.25, -0.2) is 0 Å². The summed E-state index contributed by atoms with van der Waals surface area (Å²) in [5.74, 6) is 0. The second-order valence-electron chi connectivity index (χ2n) is 4.10. The lowest BCUT2D eigenvalue weighted by molar-refractivity contribution is 0.230. The zero-order chi connectivity index (χ0) is 10.5. The molecule has 2 rings (SSSR count). The van der Waals surface area contributed by atoms with Gasteiger partial charge in [0, 0.05) is 30.3 Å². The number of nitrogens with zero attached hydrogens (tertiary/aromatic N) is 2. The van der Waals surface area contributed by atoms with Crippen molar-refractivity contribution in [3.05, 3.63) is 16.6 Å². The average Bonchev–Trinajstić information content (AvgIpc) is 2.97. The summed E-state index contributed by atoms with van der Waals surface area (Å²) in [6, 6.07) is 0.797. The summed E-state index contributed by atoms with van der Waals surface area (Å²) in [5, 5.41) is 8.76. The van der Waals surface area contributed by atoms with Gasteiger partial charge >= 0.3 is 0 Å². The van der Waals surface area contributed by atoms with Crippen LogP contribution in [-0.2, 0) is 6.54 Å². The number of hydrogen-bond acceptors (Lipinski definition) is 4. The Morgan fingerprint density at radius 1 is 1.47 bits per heavy atom. The van der Waals surface area contributed by atoms with E-state index < -0.39 is 0 Å². The minimum atomic E-state index is 0.319. The maximum atomic E-state index is 8.76. The predicted molar refractivity (Wildman–Crippen MR) is 61.9 cm³/mol. The van der Waals surface area contributed by atoms with Crippen LogP contribution in [0.5, 0.6) is 0 Å². The van der Waals surface area contributed by atoms with Crippen molar-refractivity contribution < 1.29 is 5.11 Å². The molecule has 4 heteroatoms. The number of unbranched alkanes of at least 4 members (excludes halogenated alkanes) is 1. The van der Waals surface area contributed by atoms with E-state index in [0.717, 1.165) is 32.0 Å². The Bertz CT molecular complexity index is 272. The first-order valence-corrected chi connectivity index (χ1v) is 6.50. The summed E-state index contributed by atoms with van der Waals surface area (Å²) in [6.45, 7) is 2.48. The lowest BCUT2D eigenvalue weighted by Crippen LogP contribution is -2.26. The zero-order valence-electron chi connectivity index (χ0n) is 8.93. The number of aliphatic hydroxyl groups excluding tert-OH is 1. The molecule has 0 radical (unpaired) electrons. The molecule has 1 aliphatic rings. The van der Waals surface area contributed by atoms with Crippen molar-refractivity contribution >= 4 is 11.3 Å². The summed E-state index contributed by atoms with van der Waals surface area (Å²) in [7, 11) is 0. The summed E-state index contributed by atoms with van der Waals surface area (Å²) in [6.07, 6.45) is 6.68. The standard InChI is InChI=1S/C11H18N2OS/c14-6-2-1-5-13(10-3-4-10)8-11-7-12-9-15-11/h7,9-10,14H,1-6,8H2. The molecule has 0 aromatic carbocycles. The molecule has 1 N–H and O–H groups in total. The molecule has 84 valence electrons. The normalized spacial score (nSPS) is 16.1. The first-order chi connectivity index (χ1) is 7.40. The second kappa shape index (κ2) is 5.58. The van der Waals surface area contributed by atoms with Crippen molar-refractivity contribution in [1.82, 2.24) is 9.88 Å². The minimum absolute atomic E-state index is 0.319. The average molecular weight is 226 g/mol. The molecule has 0 atom stereocenters. The molecule has 1 fully saturated rings. The highest BCUT2D eigenvalue weighted by Gasteiger charge is 2.28. The highest BCUT2D eigenvalue weighted by molar-refractivity contribution is 7.09. The van der Waals surface area contributed by atoms with E-state index in [-0.39, 0.29) is 0 Å². The van der Waals surface area contributed by atoms with Crippen molar-refractivity contribution in [1.29, 1.82) is 0 Å². The summed E-state index contributed by atoms with van der Waals surface area (Å²) in [4.78, 5) is 7.99. The van der Waals surface area contributed by atoms with Gasteiger partial charge in [0.05, 0.1) is 5.51 Å². The van der Waals surface area contributed by atoms with Gasteiger partial charge in [-0.05, 0) is 32.2 Å². The maximum Gasteiger partial charge on any atom is 0.0794 e. The largest absolute Gasteiger partial charge is 0.396 e. The highest BCUT2D eigenvalue weighted by atomic mass is 32.1. The van der Waals surface area contributed by atoms with Crippen molar-refractivity contribution in [3.8, 4) is 0 Å². The monoisotopic (exact) mass is 226 g/mol. The summed E-state index contributed by atoms with van der Waals surface area (Å²) in [5.41, 5.74) is 1.90. The van der Waals surface area contributed by atoms with Crippen LogP contribution in [0.25, 0.3) is 0 Å². The fraction of sp³-hybridized carbons (Fsp3) is 0.727. The molecule has 0 saturated heterocycles. The fourth-order valence-electron chi connectivity index (χ4n) is 1.78. The zero-order valence-corrected chi connectivity index (χ0v) is 9.75. The van der Waals surface area contributed by atoms with Crippen LogP contribution in [0.3, 0.4) is 0 Å². The van der Waals surface area contributed by atoms with Crippen LogP contribution in [0, 0.1) is 0 Å². The van der Waals surface area contributed by atoms with Crippen LogP contribution >= 0.6 is 11.3 Å². The van der Waals surface area contributed by atoms with E-state index in [1.165, 1.54) is 17.7 Å². The van der Waals surface area contributed by atoms with E-state index in [4.69, 9.17) is 5.11 Å². The molecule has 0 unspecified atom stereocenters. The third-order valence-corrected chi connectivity index (χ3v) is 3.52. The Balaban J connectivity index is 1.78. The molecule has 0 bridgehead atoms. The van der Waals surface area contributed by atoms with E-state index in [2.05, 4.69) is 9.88 Å². The Morgan fingerprint density at radius 3 is 2.93 bits per heavy atom. The van der Waals surface area contributed by atoms with E-state index in [0.29, 0.717) is 6.61 Å². The van der Waals surface area contributed by atoms with Crippen molar-refractivity contribution in [2.24, 2.45) is 0 Å². The number of thiazole rings is 1. The van der Waals surface area contributed by atoms with Crippen molar-refractivity contribution in [2.45, 2.75) is 38.3 Å². The van der Waals surface area contributed by atoms with Crippen LogP contribution in [0.2, 0.25) is 0 Å². The Kier molecular flexibility index (Phi) is 4.11. The molecule has 15 heavy (non-hydrogen) atoms. The predicted octanol–water partition coefficient (Wildman–Crippen LogP) is 1.88. The number of aromatic nitrogens is 1. The molecule has 1 aliphatic carbocycles. The van der Waals surface area contributed by atoms with Gasteiger partial charge in [-0.2, -0.15) is 0 Å². The molecule has 0 amide bonds. The Labute approximate surface area is 94.8 Å². The van der Waals surface area contributed by atoms with Gasteiger partial charge in [-0.15, -0.1) is 11.3 Å². The second-order valence-corrected chi connectivity index (χ2v) is 5.07. The smallest absolute Gasteiger partial charge is 0.0794 e. The molecular formula is C11H18N2OS. The fourth-order valence-corrected chi connectivity index (χ4v) is 2.40. The molecule has 1 heterocycles. The van der Waals surface area contributed by atoms with Crippen LogP contribution in [0.1, 0.15) is 30.6 Å². The molecule has 1 saturated carbocycles. The Hall–Kier alpha value is -0.450. The van der Waals surface area contributed by atoms with E-state index in [1.54, 1.807) is 11.3 Å². The molecular weight excluding hydrogens is 208 g/mol. The number of aliphatic hydroxyl groups is 1. The van der Waals surface area contributed by atoms with E-state index >= 15 is 0 Å². The molecule has 0 aliphatic heterocycles. The summed E-state index contributed by atoms with van der Waals surface area (Å²) < 4.78 is 0. The van der Waals surface area contributed by atoms with E-state index in [1.807, 2.05) is 11.7 Å². The van der Waals surface area contributed by atoms with Gasteiger partial charge in [0.25, 0.3) is 0 Å². The van der Waals surface area contributed by atoms with Crippen molar-refractivity contribution in [3.63, 3.8) is 0 Å². The molecule has 3 nitrogen and oxygen atoms in total. The van der Waals surface area contributed by atoms with Crippen LogP contribution in [0.4, 0.5) is 0 Å². The SMILES string of the molecule is OCCCCN(Cc1cncs1)C1CC1. The van der Waals surface area contributed by atoms with Crippen LogP contribution in [-0.4, -0.2) is 34.2 Å². The minimum Gasteiger partial charge on any atom is -0.396 e. The van der Waals surface area contributed by atoms with Gasteiger partial charge in [0.2, 0.25) is 0 Å². The van der Waals surface area contributed by atoms with Gasteiger partial charge in [0.1, 0.15) is 0 Å². The summed E-state index contributed by atoms with van der Waals surface area (Å²) >= 11 is 1.73. The van der Waals surface area contributed by atoms with Gasteiger partial charge in [-0.3, -0.25) is 9.88 Å². The van der Waals surface area contributed by atoms with Crippen LogP contribution < -0.4 is 0 Å². The third-order valence-electron chi connectivity index (χ3n) is 2.76. The number of rotatable bonds is 7.